The third-order valence-electron chi connectivity index (χ3n) is 3.58. The van der Waals surface area contributed by atoms with Crippen LogP contribution in [0.3, 0.4) is 0 Å². The molecule has 0 aliphatic heterocycles. The molecule has 0 atom stereocenters. The summed E-state index contributed by atoms with van der Waals surface area (Å²) in [6, 6.07) is 4.94. The van der Waals surface area contributed by atoms with Gasteiger partial charge in [-0.2, -0.15) is 0 Å². The first kappa shape index (κ1) is 20.4. The molecule has 0 fully saturated rings. The summed E-state index contributed by atoms with van der Waals surface area (Å²) in [7, 11) is 1.82. The number of benzene rings is 1. The summed E-state index contributed by atoms with van der Waals surface area (Å²) in [4.78, 5) is 20.3. The molecular weight excluding hydrogens is 375 g/mol. The maximum absolute atomic E-state index is 13.6. The Bertz CT molecular complexity index is 576. The van der Waals surface area contributed by atoms with Gasteiger partial charge in [0.1, 0.15) is 5.82 Å². The van der Waals surface area contributed by atoms with E-state index in [1.807, 2.05) is 33.9 Å². The SMILES string of the molecule is CCNC(=NCc1ccc(Br)c(F)c1)N(C)CC(=O)N(CC)CC. The highest BCUT2D eigenvalue weighted by Gasteiger charge is 2.15. The Hall–Kier alpha value is -1.63. The van der Waals surface area contributed by atoms with Gasteiger partial charge in [-0.15, -0.1) is 0 Å². The van der Waals surface area contributed by atoms with E-state index in [1.165, 1.54) is 6.07 Å². The van der Waals surface area contributed by atoms with E-state index in [0.717, 1.165) is 5.56 Å². The van der Waals surface area contributed by atoms with Crippen molar-refractivity contribution in [3.63, 3.8) is 0 Å². The number of carbonyl (C=O) groups excluding carboxylic acids is 1. The molecule has 0 aliphatic rings. The lowest BCUT2D eigenvalue weighted by Crippen LogP contribution is -2.45. The summed E-state index contributed by atoms with van der Waals surface area (Å²) in [6.45, 7) is 8.56. The largest absolute Gasteiger partial charge is 0.357 e. The molecule has 0 bridgehead atoms. The van der Waals surface area contributed by atoms with Gasteiger partial charge >= 0.3 is 0 Å². The Balaban J connectivity index is 2.80. The van der Waals surface area contributed by atoms with Crippen LogP contribution in [0.1, 0.15) is 26.3 Å². The Morgan fingerprint density at radius 1 is 1.29 bits per heavy atom. The van der Waals surface area contributed by atoms with Crippen molar-refractivity contribution in [1.82, 2.24) is 15.1 Å². The summed E-state index contributed by atoms with van der Waals surface area (Å²) >= 11 is 3.14. The van der Waals surface area contributed by atoms with Crippen molar-refractivity contribution in [3.05, 3.63) is 34.1 Å². The molecule has 0 aromatic heterocycles. The lowest BCUT2D eigenvalue weighted by atomic mass is 10.2. The first-order valence-corrected chi connectivity index (χ1v) is 8.93. The molecule has 0 spiro atoms. The Labute approximate surface area is 152 Å². The zero-order valence-electron chi connectivity index (χ0n) is 14.8. The first-order valence-electron chi connectivity index (χ1n) is 8.14. The van der Waals surface area contributed by atoms with E-state index >= 15 is 0 Å². The van der Waals surface area contributed by atoms with Crippen LogP contribution in [-0.4, -0.2) is 54.9 Å². The van der Waals surface area contributed by atoms with Crippen LogP contribution >= 0.6 is 15.9 Å². The minimum absolute atomic E-state index is 0.0581. The standard InChI is InChI=1S/C17H26BrFN4O/c1-5-20-17(22(4)12-16(24)23(6-2)7-3)21-11-13-8-9-14(18)15(19)10-13/h8-10H,5-7,11-12H2,1-4H3,(H,20,21). The van der Waals surface area contributed by atoms with E-state index in [9.17, 15) is 9.18 Å². The summed E-state index contributed by atoms with van der Waals surface area (Å²) in [5.74, 6) is 0.377. The molecule has 1 aromatic rings. The predicted molar refractivity (Wildman–Crippen MR) is 99.5 cm³/mol. The lowest BCUT2D eigenvalue weighted by molar-refractivity contribution is -0.131. The van der Waals surface area contributed by atoms with Crippen LogP contribution in [0.15, 0.2) is 27.7 Å². The average molecular weight is 401 g/mol. The second-order valence-electron chi connectivity index (χ2n) is 5.34. The molecule has 134 valence electrons. The van der Waals surface area contributed by atoms with E-state index in [-0.39, 0.29) is 18.3 Å². The van der Waals surface area contributed by atoms with Gasteiger partial charge in [0.05, 0.1) is 17.6 Å². The highest BCUT2D eigenvalue weighted by atomic mass is 79.9. The van der Waals surface area contributed by atoms with Gasteiger partial charge in [0.25, 0.3) is 0 Å². The van der Waals surface area contributed by atoms with E-state index in [1.54, 1.807) is 15.9 Å². The number of amides is 1. The van der Waals surface area contributed by atoms with Crippen LogP contribution in [0.5, 0.6) is 0 Å². The maximum Gasteiger partial charge on any atom is 0.242 e. The van der Waals surface area contributed by atoms with Crippen LogP contribution in [0.4, 0.5) is 4.39 Å². The van der Waals surface area contributed by atoms with Gasteiger partial charge in [-0.1, -0.05) is 6.07 Å². The number of likely N-dealkylation sites (N-methyl/N-ethyl adjacent to an activating group) is 2. The minimum Gasteiger partial charge on any atom is -0.357 e. The van der Waals surface area contributed by atoms with Crippen molar-refractivity contribution in [3.8, 4) is 0 Å². The van der Waals surface area contributed by atoms with Gasteiger partial charge in [-0.05, 0) is 54.4 Å². The van der Waals surface area contributed by atoms with Crippen molar-refractivity contribution in [2.75, 3.05) is 33.2 Å². The zero-order valence-corrected chi connectivity index (χ0v) is 16.4. The molecule has 24 heavy (non-hydrogen) atoms. The quantitative estimate of drug-likeness (QED) is 0.565. The summed E-state index contributed by atoms with van der Waals surface area (Å²) < 4.78 is 14.0. The normalized spacial score (nSPS) is 11.3. The van der Waals surface area contributed by atoms with Gasteiger partial charge in [0.2, 0.25) is 5.91 Å². The maximum atomic E-state index is 13.6. The molecule has 0 radical (unpaired) electrons. The number of nitrogens with zero attached hydrogens (tertiary/aromatic N) is 3. The van der Waals surface area contributed by atoms with Crippen LogP contribution in [-0.2, 0) is 11.3 Å². The van der Waals surface area contributed by atoms with Gasteiger partial charge in [-0.25, -0.2) is 9.38 Å². The van der Waals surface area contributed by atoms with Crippen molar-refractivity contribution < 1.29 is 9.18 Å². The van der Waals surface area contributed by atoms with E-state index in [0.29, 0.717) is 36.6 Å². The number of nitrogens with one attached hydrogen (secondary N) is 1. The second-order valence-corrected chi connectivity index (χ2v) is 6.20. The molecule has 1 amide bonds. The summed E-state index contributed by atoms with van der Waals surface area (Å²) in [5.41, 5.74) is 0.773. The monoisotopic (exact) mass is 400 g/mol. The molecule has 7 heteroatoms. The Kier molecular flexibility index (Phi) is 8.74. The zero-order chi connectivity index (χ0) is 18.1. The predicted octanol–water partition coefficient (Wildman–Crippen LogP) is 2.85. The summed E-state index contributed by atoms with van der Waals surface area (Å²) in [6.07, 6.45) is 0. The number of hydrogen-bond donors (Lipinski definition) is 1. The topological polar surface area (TPSA) is 47.9 Å². The van der Waals surface area contributed by atoms with Crippen LogP contribution in [0, 0.1) is 5.82 Å². The van der Waals surface area contributed by atoms with Crippen molar-refractivity contribution in [1.29, 1.82) is 0 Å². The van der Waals surface area contributed by atoms with E-state index < -0.39 is 0 Å². The molecule has 0 saturated heterocycles. The van der Waals surface area contributed by atoms with Crippen molar-refractivity contribution in [2.24, 2.45) is 4.99 Å². The number of guanidine groups is 1. The average Bonchev–Trinajstić information content (AvgIpc) is 2.55. The Morgan fingerprint density at radius 3 is 2.50 bits per heavy atom. The van der Waals surface area contributed by atoms with Crippen molar-refractivity contribution >= 4 is 27.8 Å². The van der Waals surface area contributed by atoms with Crippen LogP contribution < -0.4 is 5.32 Å². The fourth-order valence-corrected chi connectivity index (χ4v) is 2.47. The highest BCUT2D eigenvalue weighted by molar-refractivity contribution is 9.10. The van der Waals surface area contributed by atoms with E-state index in [2.05, 4.69) is 26.2 Å². The van der Waals surface area contributed by atoms with E-state index in [4.69, 9.17) is 0 Å². The second kappa shape index (κ2) is 10.3. The molecule has 0 aliphatic carbocycles. The van der Waals surface area contributed by atoms with Gasteiger partial charge < -0.3 is 15.1 Å². The van der Waals surface area contributed by atoms with Crippen molar-refractivity contribution in [2.45, 2.75) is 27.3 Å². The van der Waals surface area contributed by atoms with Crippen LogP contribution in [0.25, 0.3) is 0 Å². The fourth-order valence-electron chi connectivity index (χ4n) is 2.23. The number of hydrogen-bond acceptors (Lipinski definition) is 2. The molecule has 5 nitrogen and oxygen atoms in total. The van der Waals surface area contributed by atoms with Gasteiger partial charge in [0, 0.05) is 26.7 Å². The summed E-state index contributed by atoms with van der Waals surface area (Å²) in [5, 5.41) is 3.16. The lowest BCUT2D eigenvalue weighted by Gasteiger charge is -2.25. The van der Waals surface area contributed by atoms with Crippen LogP contribution in [0.2, 0.25) is 0 Å². The smallest absolute Gasteiger partial charge is 0.242 e. The minimum atomic E-state index is -0.308. The number of rotatable bonds is 7. The third-order valence-corrected chi connectivity index (χ3v) is 4.22. The number of aliphatic imine (C=N–C) groups is 1. The molecule has 0 unspecified atom stereocenters. The van der Waals surface area contributed by atoms with Gasteiger partial charge in [-0.3, -0.25) is 4.79 Å². The first-order chi connectivity index (χ1) is 11.4. The molecule has 0 saturated carbocycles. The molecule has 0 heterocycles. The molecular formula is C17H26BrFN4O. The fraction of sp³-hybridized carbons (Fsp3) is 0.529. The highest BCUT2D eigenvalue weighted by Crippen LogP contribution is 2.16. The number of halogens is 2. The Morgan fingerprint density at radius 2 is 1.96 bits per heavy atom. The number of carbonyl (C=O) groups is 1. The molecule has 1 rings (SSSR count). The molecule has 1 aromatic carbocycles. The van der Waals surface area contributed by atoms with Gasteiger partial charge in [0.15, 0.2) is 5.96 Å². The molecule has 1 N–H and O–H groups in total. The third kappa shape index (κ3) is 6.11.